The van der Waals surface area contributed by atoms with Crippen LogP contribution in [0.2, 0.25) is 0 Å². The van der Waals surface area contributed by atoms with Crippen molar-refractivity contribution in [3.8, 4) is 17.2 Å². The molecule has 8 nitrogen and oxygen atoms in total. The van der Waals surface area contributed by atoms with Crippen LogP contribution >= 0.6 is 23.1 Å². The van der Waals surface area contributed by atoms with Crippen LogP contribution in [0, 0.1) is 6.92 Å². The fourth-order valence-corrected chi connectivity index (χ4v) is 6.54. The molecule has 0 saturated heterocycles. The van der Waals surface area contributed by atoms with Crippen molar-refractivity contribution < 1.29 is 14.6 Å². The summed E-state index contributed by atoms with van der Waals surface area (Å²) in [5, 5.41) is 15.1. The molecule has 196 valence electrons. The topological polar surface area (TPSA) is 106 Å². The number of aryl methyl sites for hydroxylation is 3. The zero-order valence-corrected chi connectivity index (χ0v) is 22.8. The average Bonchev–Trinajstić information content (AvgIpc) is 3.29. The van der Waals surface area contributed by atoms with Crippen molar-refractivity contribution >= 4 is 45.4 Å². The second-order valence-corrected chi connectivity index (χ2v) is 11.0. The average molecular weight is 549 g/mol. The molecule has 2 heterocycles. The fourth-order valence-electron chi connectivity index (χ4n) is 4.43. The van der Waals surface area contributed by atoms with E-state index in [4.69, 9.17) is 9.72 Å². The highest BCUT2D eigenvalue weighted by Gasteiger charge is 2.23. The summed E-state index contributed by atoms with van der Waals surface area (Å²) in [6, 6.07) is 12.6. The van der Waals surface area contributed by atoms with Crippen LogP contribution in [-0.2, 0) is 17.6 Å². The Balaban J connectivity index is 1.38. The molecule has 0 radical (unpaired) electrons. The largest absolute Gasteiger partial charge is 0.504 e. The van der Waals surface area contributed by atoms with Gasteiger partial charge in [0.2, 0.25) is 0 Å². The molecule has 2 aromatic carbocycles. The molecule has 1 aliphatic rings. The number of fused-ring (bicyclic) bond motifs is 3. The quantitative estimate of drug-likeness (QED) is 0.139. The van der Waals surface area contributed by atoms with E-state index in [0.717, 1.165) is 47.3 Å². The molecule has 0 saturated carbocycles. The summed E-state index contributed by atoms with van der Waals surface area (Å²) in [5.74, 6) is 0.0982. The SMILES string of the molecule is CCOc1cc(/C=N\NC(=O)CSc2nc3sc4c(c3c(=O)n2-c2ccc(C)cc2)CCCC4)ccc1O. The number of hydrogen-bond donors (Lipinski definition) is 2. The number of carbonyl (C=O) groups is 1. The number of nitrogens with one attached hydrogen (secondary N) is 1. The lowest BCUT2D eigenvalue weighted by Gasteiger charge is -2.13. The van der Waals surface area contributed by atoms with Gasteiger partial charge in [-0.05, 0) is 81.0 Å². The molecule has 0 spiro atoms. The van der Waals surface area contributed by atoms with Crippen LogP contribution in [0.1, 0.15) is 41.3 Å². The number of nitrogens with zero attached hydrogens (tertiary/aromatic N) is 3. The molecule has 2 N–H and O–H groups in total. The summed E-state index contributed by atoms with van der Waals surface area (Å²) in [5.41, 5.74) is 6.06. The summed E-state index contributed by atoms with van der Waals surface area (Å²) in [6.45, 7) is 4.25. The summed E-state index contributed by atoms with van der Waals surface area (Å²) in [4.78, 5) is 33.3. The van der Waals surface area contributed by atoms with Crippen molar-refractivity contribution in [2.45, 2.75) is 44.7 Å². The molecular weight excluding hydrogens is 520 g/mol. The number of phenolic OH excluding ortho intramolecular Hbond substituents is 1. The molecule has 38 heavy (non-hydrogen) atoms. The highest BCUT2D eigenvalue weighted by Crippen LogP contribution is 2.35. The van der Waals surface area contributed by atoms with Crippen molar-refractivity contribution in [3.63, 3.8) is 0 Å². The number of phenols is 1. The Morgan fingerprint density at radius 3 is 2.82 bits per heavy atom. The third-order valence-corrected chi connectivity index (χ3v) is 8.39. The van der Waals surface area contributed by atoms with Gasteiger partial charge >= 0.3 is 0 Å². The lowest BCUT2D eigenvalue weighted by Crippen LogP contribution is -2.24. The van der Waals surface area contributed by atoms with Gasteiger partial charge in [0.15, 0.2) is 16.7 Å². The minimum absolute atomic E-state index is 0.0337. The number of aromatic nitrogens is 2. The number of ether oxygens (including phenoxy) is 1. The summed E-state index contributed by atoms with van der Waals surface area (Å²) >= 11 is 2.80. The van der Waals surface area contributed by atoms with Crippen LogP contribution < -0.4 is 15.7 Å². The van der Waals surface area contributed by atoms with E-state index in [1.165, 1.54) is 28.9 Å². The first-order valence-electron chi connectivity index (χ1n) is 12.5. The monoisotopic (exact) mass is 548 g/mol. The van der Waals surface area contributed by atoms with Crippen LogP contribution in [0.5, 0.6) is 11.5 Å². The van der Waals surface area contributed by atoms with Crippen LogP contribution in [0.15, 0.2) is 57.5 Å². The van der Waals surface area contributed by atoms with Crippen LogP contribution in [0.4, 0.5) is 0 Å². The zero-order chi connectivity index (χ0) is 26.6. The maximum Gasteiger partial charge on any atom is 0.267 e. The molecule has 0 unspecified atom stereocenters. The highest BCUT2D eigenvalue weighted by molar-refractivity contribution is 7.99. The van der Waals surface area contributed by atoms with Gasteiger partial charge in [-0.2, -0.15) is 5.10 Å². The minimum atomic E-state index is -0.328. The normalized spacial score (nSPS) is 13.1. The van der Waals surface area contributed by atoms with Gasteiger partial charge in [-0.15, -0.1) is 11.3 Å². The second-order valence-electron chi connectivity index (χ2n) is 9.00. The van der Waals surface area contributed by atoms with Crippen molar-refractivity contribution in [2.24, 2.45) is 5.10 Å². The Bertz CT molecular complexity index is 1570. The van der Waals surface area contributed by atoms with Crippen molar-refractivity contribution in [3.05, 3.63) is 74.4 Å². The maximum absolute atomic E-state index is 13.8. The van der Waals surface area contributed by atoms with Crippen molar-refractivity contribution in [1.82, 2.24) is 15.0 Å². The molecule has 1 amide bonds. The van der Waals surface area contributed by atoms with E-state index >= 15 is 0 Å². The minimum Gasteiger partial charge on any atom is -0.504 e. The second kappa shape index (κ2) is 11.4. The van der Waals surface area contributed by atoms with Gasteiger partial charge in [0.1, 0.15) is 4.83 Å². The molecule has 1 aliphatic carbocycles. The first-order chi connectivity index (χ1) is 18.4. The maximum atomic E-state index is 13.8. The molecule has 4 aromatic rings. The third kappa shape index (κ3) is 5.46. The molecule has 10 heteroatoms. The first-order valence-corrected chi connectivity index (χ1v) is 14.3. The predicted molar refractivity (Wildman–Crippen MR) is 152 cm³/mol. The predicted octanol–water partition coefficient (Wildman–Crippen LogP) is 4.98. The van der Waals surface area contributed by atoms with Crippen molar-refractivity contribution in [1.29, 1.82) is 0 Å². The van der Waals surface area contributed by atoms with Gasteiger partial charge in [0, 0.05) is 4.88 Å². The summed E-state index contributed by atoms with van der Waals surface area (Å²) in [7, 11) is 0. The van der Waals surface area contributed by atoms with Gasteiger partial charge < -0.3 is 9.84 Å². The molecule has 0 fully saturated rings. The number of hydrogen-bond acceptors (Lipinski definition) is 8. The smallest absolute Gasteiger partial charge is 0.267 e. The lowest BCUT2D eigenvalue weighted by molar-refractivity contribution is -0.118. The van der Waals surface area contributed by atoms with Gasteiger partial charge in [-0.3, -0.25) is 14.2 Å². The first kappa shape index (κ1) is 26.0. The number of amides is 1. The van der Waals surface area contributed by atoms with Crippen LogP contribution in [0.3, 0.4) is 0 Å². The van der Waals surface area contributed by atoms with Gasteiger partial charge in [-0.25, -0.2) is 10.4 Å². The number of rotatable bonds is 8. The number of benzene rings is 2. The molecule has 0 atom stereocenters. The Morgan fingerprint density at radius 1 is 1.24 bits per heavy atom. The fraction of sp³-hybridized carbons (Fsp3) is 0.286. The number of thiophene rings is 1. The van der Waals surface area contributed by atoms with Gasteiger partial charge in [0.25, 0.3) is 11.5 Å². The van der Waals surface area contributed by atoms with E-state index in [2.05, 4.69) is 10.5 Å². The van der Waals surface area contributed by atoms with E-state index in [1.54, 1.807) is 28.0 Å². The zero-order valence-electron chi connectivity index (χ0n) is 21.2. The highest BCUT2D eigenvalue weighted by atomic mass is 32.2. The standard InChI is InChI=1S/C28H28N4O4S2/c1-3-36-22-14-18(10-13-21(22)33)15-29-31-24(34)16-37-28-30-26-25(20-6-4-5-7-23(20)38-26)27(35)32(28)19-11-8-17(2)9-12-19/h8-15,33H,3-7,16H2,1-2H3,(H,31,34)/b29-15-. The van der Waals surface area contributed by atoms with E-state index < -0.39 is 0 Å². The number of aromatic hydroxyl groups is 1. The van der Waals surface area contributed by atoms with Gasteiger partial charge in [-0.1, -0.05) is 29.5 Å². The van der Waals surface area contributed by atoms with E-state index in [1.807, 2.05) is 38.1 Å². The number of carbonyl (C=O) groups excluding carboxylic acids is 1. The van der Waals surface area contributed by atoms with Crippen LogP contribution in [-0.4, -0.2) is 39.1 Å². The Morgan fingerprint density at radius 2 is 2.03 bits per heavy atom. The summed E-state index contributed by atoms with van der Waals surface area (Å²) < 4.78 is 7.00. The van der Waals surface area contributed by atoms with Crippen LogP contribution in [0.25, 0.3) is 15.9 Å². The molecular formula is C28H28N4O4S2. The van der Waals surface area contributed by atoms with Gasteiger partial charge in [0.05, 0.1) is 29.6 Å². The third-order valence-electron chi connectivity index (χ3n) is 6.27. The van der Waals surface area contributed by atoms with E-state index in [-0.39, 0.29) is 23.0 Å². The molecule has 0 bridgehead atoms. The van der Waals surface area contributed by atoms with Crippen molar-refractivity contribution in [2.75, 3.05) is 12.4 Å². The van der Waals surface area contributed by atoms with E-state index in [0.29, 0.717) is 28.5 Å². The van der Waals surface area contributed by atoms with E-state index in [9.17, 15) is 14.7 Å². The lowest BCUT2D eigenvalue weighted by atomic mass is 9.97. The number of thioether (sulfide) groups is 1. The molecule has 5 rings (SSSR count). The summed E-state index contributed by atoms with van der Waals surface area (Å²) in [6.07, 6.45) is 5.58. The Hall–Kier alpha value is -3.63. The number of hydrazone groups is 1. The molecule has 0 aliphatic heterocycles. The Labute approximate surface area is 228 Å². The molecule has 2 aromatic heterocycles. The Kier molecular flexibility index (Phi) is 7.80.